The molecule has 1 aromatic heterocycles. The second-order valence-electron chi connectivity index (χ2n) is 10.1. The number of aromatic nitrogens is 2. The summed E-state index contributed by atoms with van der Waals surface area (Å²) in [6, 6.07) is 11.6. The summed E-state index contributed by atoms with van der Waals surface area (Å²) in [5.41, 5.74) is 2.31. The van der Waals surface area contributed by atoms with Crippen LogP contribution < -0.4 is 19.9 Å². The van der Waals surface area contributed by atoms with Crippen molar-refractivity contribution < 1.29 is 14.6 Å². The number of aliphatic hydroxyl groups is 1. The zero-order valence-electron chi connectivity index (χ0n) is 22.5. The number of H-pyrrole nitrogens is 1. The Morgan fingerprint density at radius 3 is 2.37 bits per heavy atom. The molecule has 38 heavy (non-hydrogen) atoms. The van der Waals surface area contributed by atoms with Crippen molar-refractivity contribution in [1.82, 2.24) is 24.7 Å². The molecule has 2 N–H and O–H groups in total. The third-order valence-corrected chi connectivity index (χ3v) is 7.73. The van der Waals surface area contributed by atoms with Gasteiger partial charge in [0.15, 0.2) is 0 Å². The summed E-state index contributed by atoms with van der Waals surface area (Å²) in [7, 11) is 5.08. The highest BCUT2D eigenvalue weighted by Crippen LogP contribution is 2.29. The number of β-amino-alcohol motifs (C(OH)–C–C–N with tert-alkyl or cyclic N) is 1. The fourth-order valence-electron chi connectivity index (χ4n) is 5.32. The molecule has 0 amide bonds. The second-order valence-corrected chi connectivity index (χ2v) is 10.1. The van der Waals surface area contributed by atoms with Gasteiger partial charge in [-0.3, -0.25) is 19.5 Å². The van der Waals surface area contributed by atoms with Gasteiger partial charge >= 0.3 is 0 Å². The number of likely N-dealkylation sites (N-methyl/N-ethyl adjacent to an activating group) is 1. The molecule has 0 aliphatic carbocycles. The van der Waals surface area contributed by atoms with Crippen molar-refractivity contribution in [3.05, 3.63) is 46.8 Å². The molecule has 10 nitrogen and oxygen atoms in total. The van der Waals surface area contributed by atoms with Gasteiger partial charge < -0.3 is 24.5 Å². The molecule has 2 aliphatic rings. The van der Waals surface area contributed by atoms with E-state index in [1.807, 2.05) is 24.1 Å². The minimum atomic E-state index is -0.344. The van der Waals surface area contributed by atoms with Gasteiger partial charge in [-0.1, -0.05) is 0 Å². The van der Waals surface area contributed by atoms with E-state index >= 15 is 0 Å². The molecular formula is C28H38N6O4. The van der Waals surface area contributed by atoms with E-state index in [0.717, 1.165) is 70.9 Å². The monoisotopic (exact) mass is 522 g/mol. The molecule has 2 aliphatic heterocycles. The topological polar surface area (TPSA) is 97.4 Å². The summed E-state index contributed by atoms with van der Waals surface area (Å²) < 4.78 is 10.7. The largest absolute Gasteiger partial charge is 0.497 e. The van der Waals surface area contributed by atoms with Gasteiger partial charge in [0.05, 0.1) is 19.7 Å². The highest BCUT2D eigenvalue weighted by molar-refractivity contribution is 5.87. The fourth-order valence-corrected chi connectivity index (χ4v) is 5.32. The number of aliphatic hydroxyl groups excluding tert-OH is 1. The van der Waals surface area contributed by atoms with Crippen molar-refractivity contribution in [2.75, 3.05) is 85.1 Å². The smallest absolute Gasteiger partial charge is 0.262 e. The number of nitrogens with one attached hydrogen (secondary N) is 1. The Kier molecular flexibility index (Phi) is 8.13. The Bertz CT molecular complexity index is 1290. The van der Waals surface area contributed by atoms with E-state index in [1.54, 1.807) is 19.2 Å². The third kappa shape index (κ3) is 5.78. The zero-order valence-corrected chi connectivity index (χ0v) is 22.5. The second kappa shape index (κ2) is 11.7. The van der Waals surface area contributed by atoms with Gasteiger partial charge in [-0.15, -0.1) is 0 Å². The van der Waals surface area contributed by atoms with Crippen LogP contribution in [0.4, 0.5) is 5.69 Å². The molecular weight excluding hydrogens is 484 g/mol. The van der Waals surface area contributed by atoms with E-state index in [9.17, 15) is 9.90 Å². The Labute approximate surface area is 223 Å². The van der Waals surface area contributed by atoms with Gasteiger partial charge in [0, 0.05) is 69.2 Å². The van der Waals surface area contributed by atoms with E-state index in [4.69, 9.17) is 14.5 Å². The molecule has 2 saturated heterocycles. The predicted octanol–water partition coefficient (Wildman–Crippen LogP) is 1.69. The lowest BCUT2D eigenvalue weighted by Gasteiger charge is -2.38. The third-order valence-electron chi connectivity index (χ3n) is 7.73. The Hall–Kier alpha value is -3.18. The van der Waals surface area contributed by atoms with Crippen molar-refractivity contribution in [2.45, 2.75) is 12.6 Å². The van der Waals surface area contributed by atoms with E-state index < -0.39 is 0 Å². The molecule has 204 valence electrons. The molecule has 0 spiro atoms. The Morgan fingerprint density at radius 2 is 1.68 bits per heavy atom. The number of hydrogen-bond acceptors (Lipinski definition) is 9. The normalized spacial score (nSPS) is 19.7. The van der Waals surface area contributed by atoms with Gasteiger partial charge in [0.2, 0.25) is 0 Å². The molecule has 3 heterocycles. The minimum absolute atomic E-state index is 0.242. The van der Waals surface area contributed by atoms with Gasteiger partial charge in [-0.25, -0.2) is 4.98 Å². The number of benzene rings is 2. The first kappa shape index (κ1) is 26.4. The number of ether oxygens (including phenoxy) is 2. The Balaban J connectivity index is 1.17. The summed E-state index contributed by atoms with van der Waals surface area (Å²) in [5.74, 6) is 1.54. The fraction of sp³-hybridized carbons (Fsp3) is 0.500. The van der Waals surface area contributed by atoms with Crippen molar-refractivity contribution >= 4 is 16.6 Å². The van der Waals surface area contributed by atoms with Gasteiger partial charge in [-0.05, 0) is 50.8 Å². The zero-order chi connectivity index (χ0) is 26.6. The number of anilines is 1. The van der Waals surface area contributed by atoms with Crippen LogP contribution in [0.3, 0.4) is 0 Å². The highest BCUT2D eigenvalue weighted by atomic mass is 16.5. The van der Waals surface area contributed by atoms with Crippen molar-refractivity contribution in [3.63, 3.8) is 0 Å². The minimum Gasteiger partial charge on any atom is -0.497 e. The van der Waals surface area contributed by atoms with Crippen LogP contribution in [0.5, 0.6) is 11.5 Å². The molecule has 3 aromatic rings. The maximum Gasteiger partial charge on any atom is 0.262 e. The van der Waals surface area contributed by atoms with Crippen LogP contribution in [0.15, 0.2) is 41.2 Å². The molecule has 2 aromatic carbocycles. The van der Waals surface area contributed by atoms with Gasteiger partial charge in [-0.2, -0.15) is 0 Å². The van der Waals surface area contributed by atoms with Crippen LogP contribution in [0.25, 0.3) is 22.3 Å². The number of rotatable bonds is 8. The maximum absolute atomic E-state index is 12.8. The molecule has 2 fully saturated rings. The molecule has 0 bridgehead atoms. The van der Waals surface area contributed by atoms with Crippen LogP contribution in [0.2, 0.25) is 0 Å². The number of aromatic amines is 1. The van der Waals surface area contributed by atoms with Crippen molar-refractivity contribution in [3.8, 4) is 22.9 Å². The lowest BCUT2D eigenvalue weighted by atomic mass is 10.1. The molecule has 0 radical (unpaired) electrons. The van der Waals surface area contributed by atoms with Crippen molar-refractivity contribution in [2.24, 2.45) is 0 Å². The summed E-state index contributed by atoms with van der Waals surface area (Å²) in [6.07, 6.45) is 0.780. The lowest BCUT2D eigenvalue weighted by Crippen LogP contribution is -2.52. The number of piperazine rings is 2. The molecule has 1 unspecified atom stereocenters. The van der Waals surface area contributed by atoms with Crippen LogP contribution in [-0.2, 0) is 0 Å². The van der Waals surface area contributed by atoms with Gasteiger partial charge in [0.1, 0.15) is 28.9 Å². The summed E-state index contributed by atoms with van der Waals surface area (Å²) in [6.45, 7) is 8.87. The Morgan fingerprint density at radius 1 is 0.974 bits per heavy atom. The first-order chi connectivity index (χ1) is 18.4. The first-order valence-electron chi connectivity index (χ1n) is 13.3. The quantitative estimate of drug-likeness (QED) is 0.458. The summed E-state index contributed by atoms with van der Waals surface area (Å²) >= 11 is 0. The molecule has 5 rings (SSSR count). The SMILES string of the molecule is COc1cc(OC)c2c(=O)[nH]c(-c3ccc(N4CCN(CCCN5CCN(C)C(O)C5)CC4)cc3)nc2c1. The first-order valence-corrected chi connectivity index (χ1v) is 13.3. The maximum atomic E-state index is 12.8. The average molecular weight is 523 g/mol. The molecule has 1 atom stereocenters. The lowest BCUT2D eigenvalue weighted by molar-refractivity contribution is -0.0415. The molecule has 10 heteroatoms. The number of methoxy groups -OCH3 is 2. The van der Waals surface area contributed by atoms with Crippen LogP contribution in [0.1, 0.15) is 6.42 Å². The molecule has 0 saturated carbocycles. The number of hydrogen-bond donors (Lipinski definition) is 2. The van der Waals surface area contributed by atoms with E-state index in [1.165, 1.54) is 12.8 Å². The average Bonchev–Trinajstić information content (AvgIpc) is 2.94. The van der Waals surface area contributed by atoms with E-state index in [0.29, 0.717) is 28.2 Å². The number of fused-ring (bicyclic) bond motifs is 1. The van der Waals surface area contributed by atoms with Crippen molar-refractivity contribution in [1.29, 1.82) is 0 Å². The predicted molar refractivity (Wildman–Crippen MR) is 149 cm³/mol. The van der Waals surface area contributed by atoms with E-state index in [2.05, 4.69) is 31.8 Å². The summed E-state index contributed by atoms with van der Waals surface area (Å²) in [5, 5.41) is 10.5. The summed E-state index contributed by atoms with van der Waals surface area (Å²) in [4.78, 5) is 29.8. The van der Waals surface area contributed by atoms with Gasteiger partial charge in [0.25, 0.3) is 5.56 Å². The van der Waals surface area contributed by atoms with Crippen LogP contribution >= 0.6 is 0 Å². The van der Waals surface area contributed by atoms with E-state index in [-0.39, 0.29) is 11.8 Å². The highest BCUT2D eigenvalue weighted by Gasteiger charge is 2.22. The van der Waals surface area contributed by atoms with Crippen LogP contribution in [-0.4, -0.2) is 116 Å². The van der Waals surface area contributed by atoms with Crippen LogP contribution in [0, 0.1) is 0 Å². The number of nitrogens with zero attached hydrogens (tertiary/aromatic N) is 5. The standard InChI is InChI=1S/C28H38N6O4/c1-31-11-12-33(19-25(31)35)10-4-9-32-13-15-34(16-14-32)21-7-5-20(6-8-21)27-29-23-17-22(37-2)18-24(38-3)26(23)28(36)30-27/h5-8,17-18,25,35H,4,9-16,19H2,1-3H3,(H,29,30,36).